The van der Waals surface area contributed by atoms with Crippen molar-refractivity contribution >= 4 is 11.8 Å². The molecule has 0 bridgehead atoms. The van der Waals surface area contributed by atoms with Gasteiger partial charge in [-0.1, -0.05) is 6.58 Å². The number of rotatable bonds is 3. The summed E-state index contributed by atoms with van der Waals surface area (Å²) in [5.74, 6) is -0.654. The monoisotopic (exact) mass is 209 g/mol. The maximum absolute atomic E-state index is 11.3. The van der Waals surface area contributed by atoms with Crippen LogP contribution in [0.4, 0.5) is 0 Å². The zero-order valence-corrected chi connectivity index (χ0v) is 8.81. The molecule has 1 atom stereocenters. The Bertz CT molecular complexity index is 296. The minimum atomic E-state index is -0.374. The maximum Gasteiger partial charge on any atom is 0.252 e. The van der Waals surface area contributed by atoms with Crippen molar-refractivity contribution in [3.05, 3.63) is 25.0 Å². The summed E-state index contributed by atoms with van der Waals surface area (Å²) in [7, 11) is 0. The number of carbonyl (C=O) groups excluding carboxylic acids is 2. The summed E-state index contributed by atoms with van der Waals surface area (Å²) in [5.41, 5.74) is 0. The maximum atomic E-state index is 11.3. The Labute approximate surface area is 89.2 Å². The molecule has 0 spiro atoms. The van der Waals surface area contributed by atoms with E-state index in [0.29, 0.717) is 6.54 Å². The summed E-state index contributed by atoms with van der Waals surface area (Å²) in [6, 6.07) is 0. The van der Waals surface area contributed by atoms with Crippen LogP contribution in [0.3, 0.4) is 0 Å². The molecule has 4 heteroatoms. The predicted octanol–water partition coefficient (Wildman–Crippen LogP) is 1.24. The molecule has 1 aliphatic rings. The van der Waals surface area contributed by atoms with E-state index in [1.165, 1.54) is 6.92 Å². The van der Waals surface area contributed by atoms with Gasteiger partial charge in [-0.2, -0.15) is 0 Å². The van der Waals surface area contributed by atoms with E-state index < -0.39 is 0 Å². The molecule has 15 heavy (non-hydrogen) atoms. The average Bonchev–Trinajstić information content (AvgIpc) is 2.26. The lowest BCUT2D eigenvalue weighted by Crippen LogP contribution is -2.40. The summed E-state index contributed by atoms with van der Waals surface area (Å²) in [6.07, 6.45) is 6.32. The van der Waals surface area contributed by atoms with Gasteiger partial charge in [0.2, 0.25) is 5.91 Å². The molecule has 1 rings (SSSR count). The lowest BCUT2D eigenvalue weighted by molar-refractivity contribution is -0.142. The molecule has 2 amide bonds. The van der Waals surface area contributed by atoms with Crippen LogP contribution in [-0.4, -0.2) is 29.4 Å². The molecule has 0 N–H and O–H groups in total. The highest BCUT2D eigenvalue weighted by molar-refractivity contribution is 5.99. The fraction of sp³-hybridized carbons (Fsp3) is 0.455. The van der Waals surface area contributed by atoms with Crippen molar-refractivity contribution in [2.75, 3.05) is 6.54 Å². The van der Waals surface area contributed by atoms with Gasteiger partial charge in [-0.3, -0.25) is 14.5 Å². The lowest BCUT2D eigenvalue weighted by Gasteiger charge is -2.25. The van der Waals surface area contributed by atoms with Crippen LogP contribution in [0.2, 0.25) is 0 Å². The Kier molecular flexibility index (Phi) is 4.09. The van der Waals surface area contributed by atoms with Crippen molar-refractivity contribution in [3.63, 3.8) is 0 Å². The summed E-state index contributed by atoms with van der Waals surface area (Å²) in [6.45, 7) is 5.02. The van der Waals surface area contributed by atoms with Crippen molar-refractivity contribution in [1.82, 2.24) is 4.90 Å². The number of imide groups is 1. The number of allylic oxidation sites excluding steroid dienone is 1. The Morgan fingerprint density at radius 3 is 2.87 bits per heavy atom. The van der Waals surface area contributed by atoms with Gasteiger partial charge < -0.3 is 4.74 Å². The molecule has 0 radical (unpaired) electrons. The van der Waals surface area contributed by atoms with Crippen molar-refractivity contribution in [2.45, 2.75) is 25.9 Å². The van der Waals surface area contributed by atoms with Crippen LogP contribution >= 0.6 is 0 Å². The van der Waals surface area contributed by atoms with E-state index in [1.807, 2.05) is 6.08 Å². The third-order valence-electron chi connectivity index (χ3n) is 2.23. The first-order valence-electron chi connectivity index (χ1n) is 4.90. The van der Waals surface area contributed by atoms with E-state index in [-0.39, 0.29) is 17.9 Å². The number of nitrogens with zero attached hydrogens (tertiary/aromatic N) is 1. The molecule has 0 aliphatic carbocycles. The molecule has 4 nitrogen and oxygen atoms in total. The Hall–Kier alpha value is -1.58. The van der Waals surface area contributed by atoms with E-state index in [2.05, 4.69) is 6.58 Å². The fourth-order valence-electron chi connectivity index (χ4n) is 1.41. The Balaban J connectivity index is 2.58. The van der Waals surface area contributed by atoms with E-state index >= 15 is 0 Å². The molecule has 0 saturated carbocycles. The van der Waals surface area contributed by atoms with Crippen LogP contribution in [0.5, 0.6) is 0 Å². The molecule has 0 fully saturated rings. The van der Waals surface area contributed by atoms with Gasteiger partial charge in [0.1, 0.15) is 6.10 Å². The van der Waals surface area contributed by atoms with Gasteiger partial charge in [-0.15, -0.1) is 0 Å². The van der Waals surface area contributed by atoms with Crippen molar-refractivity contribution in [3.8, 4) is 0 Å². The summed E-state index contributed by atoms with van der Waals surface area (Å²) in [5, 5.41) is 0. The van der Waals surface area contributed by atoms with Gasteiger partial charge in [0.25, 0.3) is 5.91 Å². The summed E-state index contributed by atoms with van der Waals surface area (Å²) < 4.78 is 5.29. The van der Waals surface area contributed by atoms with Gasteiger partial charge in [0.15, 0.2) is 0 Å². The topological polar surface area (TPSA) is 46.6 Å². The minimum Gasteiger partial charge on any atom is -0.496 e. The third kappa shape index (κ3) is 3.23. The highest BCUT2D eigenvalue weighted by Gasteiger charge is 2.21. The molecule has 1 aliphatic heterocycles. The smallest absolute Gasteiger partial charge is 0.252 e. The predicted molar refractivity (Wildman–Crippen MR) is 55.8 cm³/mol. The van der Waals surface area contributed by atoms with Crippen LogP contribution in [0.15, 0.2) is 25.0 Å². The highest BCUT2D eigenvalue weighted by atomic mass is 16.5. The second kappa shape index (κ2) is 5.34. The standard InChI is InChI=1S/C11H15NO3/c1-3-11(14)12(9(2)13)8-10-6-4-5-7-15-10/h3,5,7,10H,1,4,6,8H2,2H3. The fourth-order valence-corrected chi connectivity index (χ4v) is 1.41. The third-order valence-corrected chi connectivity index (χ3v) is 2.23. The number of amides is 2. The first-order valence-corrected chi connectivity index (χ1v) is 4.90. The van der Waals surface area contributed by atoms with E-state index in [9.17, 15) is 9.59 Å². The van der Waals surface area contributed by atoms with Crippen molar-refractivity contribution in [2.24, 2.45) is 0 Å². The molecule has 1 unspecified atom stereocenters. The van der Waals surface area contributed by atoms with Crippen molar-refractivity contribution in [1.29, 1.82) is 0 Å². The quantitative estimate of drug-likeness (QED) is 0.657. The van der Waals surface area contributed by atoms with E-state index in [0.717, 1.165) is 23.8 Å². The van der Waals surface area contributed by atoms with Crippen LogP contribution < -0.4 is 0 Å². The van der Waals surface area contributed by atoms with Crippen molar-refractivity contribution < 1.29 is 14.3 Å². The first kappa shape index (κ1) is 11.5. The molecule has 0 aromatic rings. The number of hydrogen-bond donors (Lipinski definition) is 0. The molecule has 1 heterocycles. The summed E-state index contributed by atoms with van der Waals surface area (Å²) in [4.78, 5) is 23.7. The largest absolute Gasteiger partial charge is 0.496 e. The number of hydrogen-bond acceptors (Lipinski definition) is 3. The van der Waals surface area contributed by atoms with Gasteiger partial charge >= 0.3 is 0 Å². The number of carbonyl (C=O) groups is 2. The van der Waals surface area contributed by atoms with Gasteiger partial charge in [-0.05, 0) is 25.0 Å². The minimum absolute atomic E-state index is 0.0946. The van der Waals surface area contributed by atoms with Crippen LogP contribution in [-0.2, 0) is 14.3 Å². The second-order valence-electron chi connectivity index (χ2n) is 3.38. The molecule has 82 valence electrons. The van der Waals surface area contributed by atoms with Crippen LogP contribution in [0, 0.1) is 0 Å². The van der Waals surface area contributed by atoms with Crippen LogP contribution in [0.1, 0.15) is 19.8 Å². The summed E-state index contributed by atoms with van der Waals surface area (Å²) >= 11 is 0. The Morgan fingerprint density at radius 1 is 1.67 bits per heavy atom. The molecular weight excluding hydrogens is 194 g/mol. The SMILES string of the molecule is C=CC(=O)N(CC1CCC=CO1)C(C)=O. The normalized spacial score (nSPS) is 19.1. The zero-order valence-electron chi connectivity index (χ0n) is 8.81. The van der Waals surface area contributed by atoms with Gasteiger partial charge in [0, 0.05) is 6.92 Å². The van der Waals surface area contributed by atoms with Gasteiger partial charge in [-0.25, -0.2) is 0 Å². The van der Waals surface area contributed by atoms with Crippen LogP contribution in [0.25, 0.3) is 0 Å². The molecule has 0 aromatic heterocycles. The zero-order chi connectivity index (χ0) is 11.3. The van der Waals surface area contributed by atoms with E-state index in [1.54, 1.807) is 6.26 Å². The molecular formula is C11H15NO3. The second-order valence-corrected chi connectivity index (χ2v) is 3.38. The number of ether oxygens (including phenoxy) is 1. The first-order chi connectivity index (χ1) is 7.15. The lowest BCUT2D eigenvalue weighted by atomic mass is 10.1. The highest BCUT2D eigenvalue weighted by Crippen LogP contribution is 2.12. The van der Waals surface area contributed by atoms with Gasteiger partial charge in [0.05, 0.1) is 12.8 Å². The molecule has 0 aromatic carbocycles. The average molecular weight is 209 g/mol. The molecule has 0 saturated heterocycles. The van der Waals surface area contributed by atoms with E-state index in [4.69, 9.17) is 4.74 Å². The Morgan fingerprint density at radius 2 is 2.40 bits per heavy atom.